The Morgan fingerprint density at radius 2 is 2.15 bits per heavy atom. The van der Waals surface area contributed by atoms with Gasteiger partial charge in [0.05, 0.1) is 5.54 Å². The zero-order valence-corrected chi connectivity index (χ0v) is 12.1. The molecular weight excluding hydrogens is 250 g/mol. The summed E-state index contributed by atoms with van der Waals surface area (Å²) >= 11 is 0. The number of aryl methyl sites for hydroxylation is 1. The van der Waals surface area contributed by atoms with Gasteiger partial charge in [-0.05, 0) is 69.3 Å². The number of piperidine rings is 1. The van der Waals surface area contributed by atoms with E-state index in [4.69, 9.17) is 0 Å². The Hall–Kier alpha value is -1.55. The number of hydrogen-bond acceptors (Lipinski definition) is 3. The van der Waals surface area contributed by atoms with Crippen molar-refractivity contribution in [3.63, 3.8) is 0 Å². The van der Waals surface area contributed by atoms with Crippen LogP contribution >= 0.6 is 0 Å². The second-order valence-corrected chi connectivity index (χ2v) is 6.07. The summed E-state index contributed by atoms with van der Waals surface area (Å²) in [4.78, 5) is 12.5. The molecule has 2 aliphatic heterocycles. The first-order valence-electron chi connectivity index (χ1n) is 7.61. The molecule has 1 unspecified atom stereocenters. The lowest BCUT2D eigenvalue weighted by Gasteiger charge is -2.33. The van der Waals surface area contributed by atoms with E-state index in [1.807, 2.05) is 13.0 Å². The Balaban J connectivity index is 1.72. The first-order valence-corrected chi connectivity index (χ1v) is 7.61. The smallest absolute Gasteiger partial charge is 0.244 e. The lowest BCUT2D eigenvalue weighted by molar-refractivity contribution is -0.122. The van der Waals surface area contributed by atoms with Crippen molar-refractivity contribution < 1.29 is 4.79 Å². The molecule has 20 heavy (non-hydrogen) atoms. The largest absolute Gasteiger partial charge is 0.385 e. The highest BCUT2D eigenvalue weighted by molar-refractivity contribution is 5.98. The van der Waals surface area contributed by atoms with Crippen LogP contribution in [0.5, 0.6) is 0 Å². The molecule has 0 saturated carbocycles. The van der Waals surface area contributed by atoms with Crippen molar-refractivity contribution in [3.05, 3.63) is 23.8 Å². The normalized spacial score (nSPS) is 25.4. The van der Waals surface area contributed by atoms with Crippen LogP contribution < -0.4 is 16.0 Å². The molecule has 2 heterocycles. The van der Waals surface area contributed by atoms with Crippen LogP contribution in [0.25, 0.3) is 0 Å². The minimum absolute atomic E-state index is 0.0842. The number of amides is 1. The molecular formula is C16H23N3O. The summed E-state index contributed by atoms with van der Waals surface area (Å²) in [6.45, 7) is 3.97. The van der Waals surface area contributed by atoms with E-state index < -0.39 is 5.54 Å². The molecule has 1 aromatic rings. The van der Waals surface area contributed by atoms with Crippen LogP contribution in [0.3, 0.4) is 0 Å². The highest BCUT2D eigenvalue weighted by Gasteiger charge is 2.34. The predicted octanol–water partition coefficient (Wildman–Crippen LogP) is 2.52. The lowest BCUT2D eigenvalue weighted by atomic mass is 9.90. The van der Waals surface area contributed by atoms with Gasteiger partial charge in [-0.15, -0.1) is 0 Å². The first-order chi connectivity index (χ1) is 9.67. The zero-order valence-electron chi connectivity index (χ0n) is 12.1. The lowest BCUT2D eigenvalue weighted by Crippen LogP contribution is -2.54. The average Bonchev–Trinajstić information content (AvgIpc) is 2.48. The molecule has 1 saturated heterocycles. The van der Waals surface area contributed by atoms with Gasteiger partial charge in [-0.3, -0.25) is 4.79 Å². The molecule has 3 rings (SSSR count). The molecule has 0 aromatic heterocycles. The molecule has 1 atom stereocenters. The molecule has 108 valence electrons. The summed E-state index contributed by atoms with van der Waals surface area (Å²) in [5, 5.41) is 9.82. The van der Waals surface area contributed by atoms with Gasteiger partial charge in [-0.2, -0.15) is 0 Å². The third kappa shape index (κ3) is 2.66. The number of rotatable bonds is 2. The van der Waals surface area contributed by atoms with E-state index in [1.165, 1.54) is 11.3 Å². The van der Waals surface area contributed by atoms with E-state index in [0.717, 1.165) is 50.9 Å². The number of carbonyl (C=O) groups excluding carboxylic acids is 1. The maximum Gasteiger partial charge on any atom is 0.244 e. The topological polar surface area (TPSA) is 53.2 Å². The number of nitrogens with one attached hydrogen (secondary N) is 3. The molecule has 0 radical (unpaired) electrons. The molecule has 0 aliphatic carbocycles. The van der Waals surface area contributed by atoms with E-state index in [1.54, 1.807) is 0 Å². The van der Waals surface area contributed by atoms with E-state index in [-0.39, 0.29) is 5.91 Å². The van der Waals surface area contributed by atoms with Crippen molar-refractivity contribution in [1.82, 2.24) is 5.32 Å². The minimum atomic E-state index is -0.424. The van der Waals surface area contributed by atoms with Gasteiger partial charge in [0.1, 0.15) is 0 Å². The van der Waals surface area contributed by atoms with Crippen molar-refractivity contribution in [3.8, 4) is 0 Å². The van der Waals surface area contributed by atoms with E-state index in [2.05, 4.69) is 28.1 Å². The monoisotopic (exact) mass is 273 g/mol. The Bertz CT molecular complexity index is 506. The molecule has 4 nitrogen and oxygen atoms in total. The second kappa shape index (κ2) is 5.44. The summed E-state index contributed by atoms with van der Waals surface area (Å²) in [6.07, 6.45) is 5.43. The molecule has 0 bridgehead atoms. The predicted molar refractivity (Wildman–Crippen MR) is 82.1 cm³/mol. The van der Waals surface area contributed by atoms with Crippen molar-refractivity contribution in [2.75, 3.05) is 23.7 Å². The summed E-state index contributed by atoms with van der Waals surface area (Å²) in [6, 6.07) is 6.16. The van der Waals surface area contributed by atoms with Crippen LogP contribution in [0.15, 0.2) is 18.2 Å². The highest BCUT2D eigenvalue weighted by atomic mass is 16.2. The van der Waals surface area contributed by atoms with Crippen LogP contribution in [0.2, 0.25) is 0 Å². The number of benzene rings is 1. The number of fused-ring (bicyclic) bond motifs is 1. The van der Waals surface area contributed by atoms with Crippen LogP contribution in [0.1, 0.15) is 38.2 Å². The standard InChI is InChI=1S/C16H23N3O/c1-16(8-2-3-10-18-16)15(20)19-13-6-7-14-12(11-13)5-4-9-17-14/h6-7,11,17-18H,2-5,8-10H2,1H3,(H,19,20). The Labute approximate surface area is 120 Å². The third-order valence-electron chi connectivity index (χ3n) is 4.42. The summed E-state index contributed by atoms with van der Waals surface area (Å²) < 4.78 is 0. The van der Waals surface area contributed by atoms with Gasteiger partial charge in [0.25, 0.3) is 0 Å². The van der Waals surface area contributed by atoms with Crippen molar-refractivity contribution in [2.45, 2.75) is 44.6 Å². The fourth-order valence-corrected chi connectivity index (χ4v) is 3.07. The van der Waals surface area contributed by atoms with Gasteiger partial charge >= 0.3 is 0 Å². The summed E-state index contributed by atoms with van der Waals surface area (Å²) in [5.41, 5.74) is 2.99. The van der Waals surface area contributed by atoms with Gasteiger partial charge < -0.3 is 16.0 Å². The van der Waals surface area contributed by atoms with Gasteiger partial charge in [0.15, 0.2) is 0 Å². The minimum Gasteiger partial charge on any atom is -0.385 e. The van der Waals surface area contributed by atoms with Crippen molar-refractivity contribution in [1.29, 1.82) is 0 Å². The van der Waals surface area contributed by atoms with E-state index in [9.17, 15) is 4.79 Å². The molecule has 1 aromatic carbocycles. The first kappa shape index (κ1) is 13.4. The van der Waals surface area contributed by atoms with Crippen LogP contribution in [-0.4, -0.2) is 24.5 Å². The molecule has 4 heteroatoms. The molecule has 1 fully saturated rings. The van der Waals surface area contributed by atoms with Gasteiger partial charge in [0, 0.05) is 17.9 Å². The van der Waals surface area contributed by atoms with Gasteiger partial charge in [-0.25, -0.2) is 0 Å². The Morgan fingerprint density at radius 3 is 2.95 bits per heavy atom. The Morgan fingerprint density at radius 1 is 1.25 bits per heavy atom. The SMILES string of the molecule is CC1(C(=O)Nc2ccc3c(c2)CCCN3)CCCCN1. The Kier molecular flexibility index (Phi) is 3.66. The highest BCUT2D eigenvalue weighted by Crippen LogP contribution is 2.26. The second-order valence-electron chi connectivity index (χ2n) is 6.07. The van der Waals surface area contributed by atoms with Gasteiger partial charge in [0.2, 0.25) is 5.91 Å². The molecule has 2 aliphatic rings. The number of hydrogen-bond donors (Lipinski definition) is 3. The van der Waals surface area contributed by atoms with E-state index >= 15 is 0 Å². The molecule has 3 N–H and O–H groups in total. The maximum atomic E-state index is 12.5. The van der Waals surface area contributed by atoms with Crippen LogP contribution in [0.4, 0.5) is 11.4 Å². The summed E-state index contributed by atoms with van der Waals surface area (Å²) in [5.74, 6) is 0.0842. The fraction of sp³-hybridized carbons (Fsp3) is 0.562. The van der Waals surface area contributed by atoms with Crippen LogP contribution in [-0.2, 0) is 11.2 Å². The van der Waals surface area contributed by atoms with E-state index in [0.29, 0.717) is 0 Å². The fourth-order valence-electron chi connectivity index (χ4n) is 3.07. The van der Waals surface area contributed by atoms with Gasteiger partial charge in [-0.1, -0.05) is 0 Å². The van der Waals surface area contributed by atoms with Crippen molar-refractivity contribution >= 4 is 17.3 Å². The number of carbonyl (C=O) groups is 1. The number of anilines is 2. The molecule has 0 spiro atoms. The third-order valence-corrected chi connectivity index (χ3v) is 4.42. The van der Waals surface area contributed by atoms with Crippen LogP contribution in [0, 0.1) is 0 Å². The maximum absolute atomic E-state index is 12.5. The average molecular weight is 273 g/mol. The summed E-state index contributed by atoms with van der Waals surface area (Å²) in [7, 11) is 0. The molecule has 1 amide bonds. The quantitative estimate of drug-likeness (QED) is 0.776. The zero-order chi connectivity index (χ0) is 14.0. The van der Waals surface area contributed by atoms with Crippen molar-refractivity contribution in [2.24, 2.45) is 0 Å².